The molecule has 0 saturated carbocycles. The topological polar surface area (TPSA) is 76.0 Å². The van der Waals surface area contributed by atoms with Crippen molar-refractivity contribution in [3.63, 3.8) is 0 Å². The standard InChI is InChI=1S/C14H20N4O2S/c1-10-5-6-13(7-14(10)21(19,20)15-3)16-8-12-9-18(4)17-11(12)2/h5-7,9,15-16H,8H2,1-4H3. The smallest absolute Gasteiger partial charge is 0.240 e. The van der Waals surface area contributed by atoms with Crippen molar-refractivity contribution in [1.82, 2.24) is 14.5 Å². The number of benzene rings is 1. The van der Waals surface area contributed by atoms with Gasteiger partial charge in [0.05, 0.1) is 10.6 Å². The molecule has 0 radical (unpaired) electrons. The van der Waals surface area contributed by atoms with Gasteiger partial charge in [0, 0.05) is 31.0 Å². The molecule has 0 spiro atoms. The zero-order chi connectivity index (χ0) is 15.6. The van der Waals surface area contributed by atoms with Crippen LogP contribution in [-0.2, 0) is 23.6 Å². The highest BCUT2D eigenvalue weighted by Crippen LogP contribution is 2.20. The van der Waals surface area contributed by atoms with Gasteiger partial charge >= 0.3 is 0 Å². The Balaban J connectivity index is 2.22. The summed E-state index contributed by atoms with van der Waals surface area (Å²) < 4.78 is 28.0. The van der Waals surface area contributed by atoms with E-state index >= 15 is 0 Å². The van der Waals surface area contributed by atoms with Crippen molar-refractivity contribution in [1.29, 1.82) is 0 Å². The van der Waals surface area contributed by atoms with E-state index in [2.05, 4.69) is 15.1 Å². The van der Waals surface area contributed by atoms with E-state index in [0.29, 0.717) is 12.1 Å². The molecule has 0 bridgehead atoms. The summed E-state index contributed by atoms with van der Waals surface area (Å²) in [6.07, 6.45) is 1.95. The minimum absolute atomic E-state index is 0.290. The second-order valence-electron chi connectivity index (χ2n) is 4.95. The zero-order valence-corrected chi connectivity index (χ0v) is 13.5. The first-order valence-corrected chi connectivity index (χ1v) is 8.09. The molecule has 0 amide bonds. The van der Waals surface area contributed by atoms with E-state index in [1.54, 1.807) is 23.7 Å². The molecule has 7 heteroatoms. The van der Waals surface area contributed by atoms with Crippen molar-refractivity contribution in [2.24, 2.45) is 7.05 Å². The van der Waals surface area contributed by atoms with Crippen molar-refractivity contribution < 1.29 is 8.42 Å². The lowest BCUT2D eigenvalue weighted by Crippen LogP contribution is -2.19. The highest BCUT2D eigenvalue weighted by Gasteiger charge is 2.15. The van der Waals surface area contributed by atoms with E-state index < -0.39 is 10.0 Å². The maximum Gasteiger partial charge on any atom is 0.240 e. The van der Waals surface area contributed by atoms with Crippen molar-refractivity contribution in [3.8, 4) is 0 Å². The van der Waals surface area contributed by atoms with E-state index in [1.807, 2.05) is 26.2 Å². The van der Waals surface area contributed by atoms with Crippen LogP contribution in [0.3, 0.4) is 0 Å². The SMILES string of the molecule is CNS(=O)(=O)c1cc(NCc2cn(C)nc2C)ccc1C. The number of nitrogens with one attached hydrogen (secondary N) is 2. The number of anilines is 1. The second kappa shape index (κ2) is 5.87. The predicted molar refractivity (Wildman–Crippen MR) is 82.7 cm³/mol. The Kier molecular flexibility index (Phi) is 4.34. The van der Waals surface area contributed by atoms with Crippen LogP contribution < -0.4 is 10.0 Å². The maximum absolute atomic E-state index is 12.0. The Hall–Kier alpha value is -1.86. The second-order valence-corrected chi connectivity index (χ2v) is 6.81. The van der Waals surface area contributed by atoms with Gasteiger partial charge in [-0.25, -0.2) is 13.1 Å². The van der Waals surface area contributed by atoms with Crippen LogP contribution in [0.15, 0.2) is 29.3 Å². The lowest BCUT2D eigenvalue weighted by Gasteiger charge is -2.11. The van der Waals surface area contributed by atoms with Crippen molar-refractivity contribution >= 4 is 15.7 Å². The molecule has 0 unspecified atom stereocenters. The maximum atomic E-state index is 12.0. The summed E-state index contributed by atoms with van der Waals surface area (Å²) in [4.78, 5) is 0.290. The third-order valence-electron chi connectivity index (χ3n) is 3.34. The monoisotopic (exact) mass is 308 g/mol. The van der Waals surface area contributed by atoms with E-state index in [1.165, 1.54) is 7.05 Å². The summed E-state index contributed by atoms with van der Waals surface area (Å²) in [5.41, 5.74) is 3.52. The van der Waals surface area contributed by atoms with Gasteiger partial charge in [-0.15, -0.1) is 0 Å². The summed E-state index contributed by atoms with van der Waals surface area (Å²) >= 11 is 0. The number of rotatable bonds is 5. The first-order chi connectivity index (χ1) is 9.83. The molecule has 21 heavy (non-hydrogen) atoms. The fourth-order valence-electron chi connectivity index (χ4n) is 2.13. The average Bonchev–Trinajstić information content (AvgIpc) is 2.76. The van der Waals surface area contributed by atoms with Gasteiger partial charge in [0.1, 0.15) is 0 Å². The summed E-state index contributed by atoms with van der Waals surface area (Å²) in [6.45, 7) is 4.32. The quantitative estimate of drug-likeness (QED) is 0.879. The molecule has 0 fully saturated rings. The Morgan fingerprint density at radius 2 is 2.00 bits per heavy atom. The average molecular weight is 308 g/mol. The van der Waals surface area contributed by atoms with Gasteiger partial charge in [0.25, 0.3) is 0 Å². The molecule has 6 nitrogen and oxygen atoms in total. The minimum atomic E-state index is -3.44. The fourth-order valence-corrected chi connectivity index (χ4v) is 3.12. The normalized spacial score (nSPS) is 11.6. The molecule has 2 aromatic rings. The number of hydrogen-bond donors (Lipinski definition) is 2. The Labute approximate surface area is 125 Å². The van der Waals surface area contributed by atoms with E-state index in [9.17, 15) is 8.42 Å². The highest BCUT2D eigenvalue weighted by atomic mass is 32.2. The molecular weight excluding hydrogens is 288 g/mol. The van der Waals surface area contributed by atoms with Gasteiger partial charge in [-0.1, -0.05) is 6.07 Å². The largest absolute Gasteiger partial charge is 0.381 e. The van der Waals surface area contributed by atoms with Gasteiger partial charge in [0.15, 0.2) is 0 Å². The predicted octanol–water partition coefficient (Wildman–Crippen LogP) is 1.56. The molecule has 1 heterocycles. The Morgan fingerprint density at radius 1 is 1.29 bits per heavy atom. The number of aryl methyl sites for hydroxylation is 3. The van der Waals surface area contributed by atoms with Crippen LogP contribution in [0.5, 0.6) is 0 Å². The molecule has 0 atom stereocenters. The van der Waals surface area contributed by atoms with Gasteiger partial charge < -0.3 is 5.32 Å². The van der Waals surface area contributed by atoms with Crippen LogP contribution in [0, 0.1) is 13.8 Å². The van der Waals surface area contributed by atoms with Crippen LogP contribution in [0.2, 0.25) is 0 Å². The lowest BCUT2D eigenvalue weighted by atomic mass is 10.2. The van der Waals surface area contributed by atoms with Crippen molar-refractivity contribution in [2.45, 2.75) is 25.3 Å². The molecule has 114 valence electrons. The van der Waals surface area contributed by atoms with Gasteiger partial charge in [0.2, 0.25) is 10.0 Å². The van der Waals surface area contributed by atoms with Crippen molar-refractivity contribution in [3.05, 3.63) is 41.2 Å². The van der Waals surface area contributed by atoms with Crippen LogP contribution >= 0.6 is 0 Å². The molecule has 0 aliphatic heterocycles. The van der Waals surface area contributed by atoms with Crippen LogP contribution in [0.25, 0.3) is 0 Å². The third-order valence-corrected chi connectivity index (χ3v) is 4.90. The Bertz CT molecular complexity index is 750. The van der Waals surface area contributed by atoms with Crippen molar-refractivity contribution in [2.75, 3.05) is 12.4 Å². The summed E-state index contributed by atoms with van der Waals surface area (Å²) in [5.74, 6) is 0. The first kappa shape index (κ1) is 15.5. The summed E-state index contributed by atoms with van der Waals surface area (Å²) in [6, 6.07) is 5.31. The summed E-state index contributed by atoms with van der Waals surface area (Å²) in [7, 11) is -0.159. The molecular formula is C14H20N4O2S. The van der Waals surface area contributed by atoms with Gasteiger partial charge in [-0.3, -0.25) is 4.68 Å². The van der Waals surface area contributed by atoms with E-state index in [-0.39, 0.29) is 4.90 Å². The molecule has 2 rings (SSSR count). The molecule has 2 N–H and O–H groups in total. The zero-order valence-electron chi connectivity index (χ0n) is 12.6. The molecule has 0 aliphatic rings. The number of nitrogens with zero attached hydrogens (tertiary/aromatic N) is 2. The molecule has 0 aliphatic carbocycles. The molecule has 1 aromatic carbocycles. The lowest BCUT2D eigenvalue weighted by molar-refractivity contribution is 0.587. The molecule has 1 aromatic heterocycles. The fraction of sp³-hybridized carbons (Fsp3) is 0.357. The van der Waals surface area contributed by atoms with Gasteiger partial charge in [-0.2, -0.15) is 5.10 Å². The highest BCUT2D eigenvalue weighted by molar-refractivity contribution is 7.89. The van der Waals surface area contributed by atoms with E-state index in [0.717, 1.165) is 16.9 Å². The number of aromatic nitrogens is 2. The minimum Gasteiger partial charge on any atom is -0.381 e. The number of sulfonamides is 1. The van der Waals surface area contributed by atoms with E-state index in [4.69, 9.17) is 0 Å². The van der Waals surface area contributed by atoms with Crippen LogP contribution in [0.4, 0.5) is 5.69 Å². The summed E-state index contributed by atoms with van der Waals surface area (Å²) in [5, 5.41) is 7.51. The molecule has 0 saturated heterocycles. The van der Waals surface area contributed by atoms with Crippen LogP contribution in [0.1, 0.15) is 16.8 Å². The first-order valence-electron chi connectivity index (χ1n) is 6.60. The van der Waals surface area contributed by atoms with Gasteiger partial charge in [-0.05, 0) is 38.6 Å². The third kappa shape index (κ3) is 3.43. The Morgan fingerprint density at radius 3 is 2.57 bits per heavy atom. The number of hydrogen-bond acceptors (Lipinski definition) is 4. The van der Waals surface area contributed by atoms with Crippen LogP contribution in [-0.4, -0.2) is 25.2 Å².